The average Bonchev–Trinajstić information content (AvgIpc) is 2.92. The van der Waals surface area contributed by atoms with Crippen molar-refractivity contribution in [2.75, 3.05) is 17.6 Å². The van der Waals surface area contributed by atoms with E-state index in [1.165, 1.54) is 6.07 Å². The molecule has 1 aromatic carbocycles. The maximum Gasteiger partial charge on any atom is 0.273 e. The number of amides is 2. The summed E-state index contributed by atoms with van der Waals surface area (Å²) in [5.41, 5.74) is 6.76. The van der Waals surface area contributed by atoms with Gasteiger partial charge in [0.15, 0.2) is 0 Å². The van der Waals surface area contributed by atoms with Gasteiger partial charge < -0.3 is 16.4 Å². The van der Waals surface area contributed by atoms with Gasteiger partial charge in [-0.3, -0.25) is 14.7 Å². The Balaban J connectivity index is 2.00. The molecule has 1 heterocycles. The van der Waals surface area contributed by atoms with Gasteiger partial charge >= 0.3 is 0 Å². The molecule has 0 spiro atoms. The topological polar surface area (TPSA) is 113 Å². The number of rotatable bonds is 5. The first kappa shape index (κ1) is 14.3. The number of nitrogens with zero attached hydrogens (tertiary/aromatic N) is 1. The highest BCUT2D eigenvalue weighted by molar-refractivity contribution is 6.03. The fraction of sp³-hybridized carbons (Fsp3) is 0.0714. The Morgan fingerprint density at radius 1 is 1.29 bits per heavy atom. The summed E-state index contributed by atoms with van der Waals surface area (Å²) < 4.78 is 0. The molecular weight excluding hydrogens is 270 g/mol. The molecule has 0 saturated heterocycles. The fourth-order valence-electron chi connectivity index (χ4n) is 1.62. The first-order valence-electron chi connectivity index (χ1n) is 6.21. The maximum atomic E-state index is 11.9. The van der Waals surface area contributed by atoms with Crippen molar-refractivity contribution in [3.63, 3.8) is 0 Å². The van der Waals surface area contributed by atoms with Gasteiger partial charge in [-0.15, -0.1) is 6.58 Å². The molecule has 7 nitrogen and oxygen atoms in total. The standard InChI is InChI=1S/C14H15N5O2/c1-2-7-16-13(20)9-3-5-10(6-4-9)17-14(21)11-8-12(15)19-18-11/h2-6,8H,1,7H2,(H,16,20)(H,17,21)(H3,15,18,19). The van der Waals surface area contributed by atoms with E-state index in [2.05, 4.69) is 27.4 Å². The van der Waals surface area contributed by atoms with Crippen LogP contribution in [0.15, 0.2) is 43.0 Å². The number of carbonyl (C=O) groups is 2. The van der Waals surface area contributed by atoms with Gasteiger partial charge in [0.25, 0.3) is 11.8 Å². The van der Waals surface area contributed by atoms with Crippen LogP contribution in [0.5, 0.6) is 0 Å². The first-order valence-corrected chi connectivity index (χ1v) is 6.21. The van der Waals surface area contributed by atoms with Crippen molar-refractivity contribution in [2.24, 2.45) is 0 Å². The van der Waals surface area contributed by atoms with Crippen LogP contribution in [0.25, 0.3) is 0 Å². The van der Waals surface area contributed by atoms with E-state index < -0.39 is 0 Å². The summed E-state index contributed by atoms with van der Waals surface area (Å²) in [4.78, 5) is 23.5. The van der Waals surface area contributed by atoms with Gasteiger partial charge in [-0.25, -0.2) is 0 Å². The van der Waals surface area contributed by atoms with Crippen molar-refractivity contribution in [3.8, 4) is 0 Å². The van der Waals surface area contributed by atoms with Crippen LogP contribution in [-0.2, 0) is 0 Å². The molecule has 1 aromatic heterocycles. The van der Waals surface area contributed by atoms with E-state index in [4.69, 9.17) is 5.73 Å². The molecule has 2 amide bonds. The highest BCUT2D eigenvalue weighted by Gasteiger charge is 2.09. The molecule has 0 aliphatic heterocycles. The lowest BCUT2D eigenvalue weighted by Gasteiger charge is -2.05. The quantitative estimate of drug-likeness (QED) is 0.617. The van der Waals surface area contributed by atoms with Crippen LogP contribution < -0.4 is 16.4 Å². The zero-order valence-corrected chi connectivity index (χ0v) is 11.2. The molecule has 0 bridgehead atoms. The number of hydrogen-bond donors (Lipinski definition) is 4. The number of nitrogens with one attached hydrogen (secondary N) is 3. The number of aromatic nitrogens is 2. The lowest BCUT2D eigenvalue weighted by molar-refractivity contribution is 0.0957. The molecule has 0 aliphatic rings. The van der Waals surface area contributed by atoms with Crippen LogP contribution in [0.4, 0.5) is 11.5 Å². The van der Waals surface area contributed by atoms with Crippen molar-refractivity contribution in [3.05, 3.63) is 54.2 Å². The van der Waals surface area contributed by atoms with Crippen molar-refractivity contribution in [1.82, 2.24) is 15.5 Å². The third-order valence-corrected chi connectivity index (χ3v) is 2.65. The number of nitrogen functional groups attached to an aromatic ring is 1. The van der Waals surface area contributed by atoms with E-state index in [9.17, 15) is 9.59 Å². The predicted molar refractivity (Wildman–Crippen MR) is 79.9 cm³/mol. The van der Waals surface area contributed by atoms with Crippen LogP contribution in [0.1, 0.15) is 20.8 Å². The van der Waals surface area contributed by atoms with Gasteiger partial charge in [-0.05, 0) is 24.3 Å². The molecule has 7 heteroatoms. The summed E-state index contributed by atoms with van der Waals surface area (Å²) >= 11 is 0. The normalized spacial score (nSPS) is 9.90. The van der Waals surface area contributed by atoms with E-state index in [0.29, 0.717) is 17.8 Å². The third kappa shape index (κ3) is 3.69. The summed E-state index contributed by atoms with van der Waals surface area (Å²) in [5.74, 6) is -0.313. The van der Waals surface area contributed by atoms with Crippen molar-refractivity contribution < 1.29 is 9.59 Å². The van der Waals surface area contributed by atoms with Crippen molar-refractivity contribution in [2.45, 2.75) is 0 Å². The zero-order chi connectivity index (χ0) is 15.2. The highest BCUT2D eigenvalue weighted by atomic mass is 16.2. The Hall–Kier alpha value is -3.09. The zero-order valence-electron chi connectivity index (χ0n) is 11.2. The second kappa shape index (κ2) is 6.38. The highest BCUT2D eigenvalue weighted by Crippen LogP contribution is 2.11. The number of anilines is 2. The van der Waals surface area contributed by atoms with Gasteiger partial charge in [0.2, 0.25) is 0 Å². The fourth-order valence-corrected chi connectivity index (χ4v) is 1.62. The van der Waals surface area contributed by atoms with Gasteiger partial charge in [-0.2, -0.15) is 5.10 Å². The smallest absolute Gasteiger partial charge is 0.273 e. The number of benzene rings is 1. The van der Waals surface area contributed by atoms with Gasteiger partial charge in [0.1, 0.15) is 11.5 Å². The molecule has 0 fully saturated rings. The molecule has 0 aliphatic carbocycles. The van der Waals surface area contributed by atoms with Crippen LogP contribution in [-0.4, -0.2) is 28.6 Å². The largest absolute Gasteiger partial charge is 0.382 e. The van der Waals surface area contributed by atoms with Crippen molar-refractivity contribution in [1.29, 1.82) is 0 Å². The van der Waals surface area contributed by atoms with Gasteiger partial charge in [-0.1, -0.05) is 6.08 Å². The molecule has 108 valence electrons. The predicted octanol–water partition coefficient (Wildman–Crippen LogP) is 1.16. The summed E-state index contributed by atoms with van der Waals surface area (Å²) in [7, 11) is 0. The number of carbonyl (C=O) groups excluding carboxylic acids is 2. The number of H-pyrrole nitrogens is 1. The molecular formula is C14H15N5O2. The molecule has 5 N–H and O–H groups in total. The number of aromatic amines is 1. The average molecular weight is 285 g/mol. The van der Waals surface area contributed by atoms with Gasteiger partial charge in [0.05, 0.1) is 0 Å². The maximum absolute atomic E-state index is 11.9. The Morgan fingerprint density at radius 2 is 2.00 bits per heavy atom. The molecule has 2 rings (SSSR count). The number of nitrogens with two attached hydrogens (primary N) is 1. The molecule has 0 unspecified atom stereocenters. The minimum absolute atomic E-state index is 0.200. The molecule has 2 aromatic rings. The SMILES string of the molecule is C=CCNC(=O)c1ccc(NC(=O)c2cc(N)n[nH]2)cc1. The Labute approximate surface area is 121 Å². The van der Waals surface area contributed by atoms with Crippen LogP contribution in [0.2, 0.25) is 0 Å². The minimum atomic E-state index is -0.358. The summed E-state index contributed by atoms with van der Waals surface area (Å²) in [6, 6.07) is 7.96. The van der Waals surface area contributed by atoms with Crippen molar-refractivity contribution >= 4 is 23.3 Å². The summed E-state index contributed by atoms with van der Waals surface area (Å²) in [6.07, 6.45) is 1.60. The number of hydrogen-bond acceptors (Lipinski definition) is 4. The van der Waals surface area contributed by atoms with Gasteiger partial charge in [0, 0.05) is 23.9 Å². The minimum Gasteiger partial charge on any atom is -0.382 e. The second-order valence-corrected chi connectivity index (χ2v) is 4.24. The molecule has 0 saturated carbocycles. The van der Waals surface area contributed by atoms with E-state index in [0.717, 1.165) is 0 Å². The first-order chi connectivity index (χ1) is 10.1. The van der Waals surface area contributed by atoms with E-state index in [-0.39, 0.29) is 23.3 Å². The second-order valence-electron chi connectivity index (χ2n) is 4.24. The van der Waals surface area contributed by atoms with E-state index >= 15 is 0 Å². The van der Waals surface area contributed by atoms with Crippen LogP contribution in [0.3, 0.4) is 0 Å². The molecule has 0 atom stereocenters. The molecule has 0 radical (unpaired) electrons. The monoisotopic (exact) mass is 285 g/mol. The summed E-state index contributed by atoms with van der Waals surface area (Å²) in [5, 5.41) is 11.5. The lowest BCUT2D eigenvalue weighted by Crippen LogP contribution is -2.23. The lowest BCUT2D eigenvalue weighted by atomic mass is 10.2. The molecule has 21 heavy (non-hydrogen) atoms. The Bertz CT molecular complexity index is 660. The Morgan fingerprint density at radius 3 is 2.57 bits per heavy atom. The summed E-state index contributed by atoms with van der Waals surface area (Å²) in [6.45, 7) is 3.93. The van der Waals surface area contributed by atoms with E-state index in [1.54, 1.807) is 30.3 Å². The van der Waals surface area contributed by atoms with Crippen LogP contribution in [0, 0.1) is 0 Å². The van der Waals surface area contributed by atoms with Crippen LogP contribution >= 0.6 is 0 Å². The van der Waals surface area contributed by atoms with E-state index in [1.807, 2.05) is 0 Å². The third-order valence-electron chi connectivity index (χ3n) is 2.65. The Kier molecular flexibility index (Phi) is 4.35.